The predicted molar refractivity (Wildman–Crippen MR) is 101 cm³/mol. The molecule has 0 spiro atoms. The molecule has 0 aliphatic rings. The molecule has 2 aromatic heterocycles. The minimum Gasteiger partial charge on any atom is -0.453 e. The molecular weight excluding hydrogens is 294 g/mol. The van der Waals surface area contributed by atoms with Gasteiger partial charge in [-0.05, 0) is 28.3 Å². The maximum absolute atomic E-state index is 6.40. The Labute approximate surface area is 137 Å². The van der Waals surface area contributed by atoms with Gasteiger partial charge < -0.3 is 9.40 Å². The number of aromatic amines is 1. The van der Waals surface area contributed by atoms with E-state index in [0.717, 1.165) is 27.6 Å². The van der Waals surface area contributed by atoms with E-state index in [1.54, 1.807) is 0 Å². The third kappa shape index (κ3) is 1.36. The van der Waals surface area contributed by atoms with Gasteiger partial charge in [-0.1, -0.05) is 60.7 Å². The van der Waals surface area contributed by atoms with Crippen molar-refractivity contribution in [1.29, 1.82) is 0 Å². The second-order valence-corrected chi connectivity index (χ2v) is 6.27. The van der Waals surface area contributed by atoms with E-state index < -0.39 is 0 Å². The molecule has 112 valence electrons. The van der Waals surface area contributed by atoms with Crippen LogP contribution in [0.25, 0.3) is 54.5 Å². The van der Waals surface area contributed by atoms with E-state index in [-0.39, 0.29) is 0 Å². The fourth-order valence-electron chi connectivity index (χ4n) is 3.96. The number of benzene rings is 4. The number of para-hydroxylation sites is 1. The van der Waals surface area contributed by atoms with Crippen LogP contribution in [0, 0.1) is 0 Å². The zero-order valence-electron chi connectivity index (χ0n) is 12.8. The Balaban J connectivity index is 2.02. The van der Waals surface area contributed by atoms with Crippen molar-refractivity contribution in [3.8, 4) is 0 Å². The lowest BCUT2D eigenvalue weighted by molar-refractivity contribution is 0.677. The molecule has 0 saturated heterocycles. The van der Waals surface area contributed by atoms with Crippen LogP contribution in [0.5, 0.6) is 0 Å². The number of aromatic nitrogens is 1. The fourth-order valence-corrected chi connectivity index (χ4v) is 3.96. The summed E-state index contributed by atoms with van der Waals surface area (Å²) in [6.07, 6.45) is 0. The second kappa shape index (κ2) is 4.18. The molecule has 0 aliphatic heterocycles. The Morgan fingerprint density at radius 3 is 1.92 bits per heavy atom. The van der Waals surface area contributed by atoms with Crippen molar-refractivity contribution in [2.75, 3.05) is 0 Å². The molecule has 0 aliphatic carbocycles. The van der Waals surface area contributed by atoms with Gasteiger partial charge in [0.1, 0.15) is 5.58 Å². The normalized spacial score (nSPS) is 12.2. The summed E-state index contributed by atoms with van der Waals surface area (Å²) in [7, 11) is 0. The molecule has 1 N–H and O–H groups in total. The van der Waals surface area contributed by atoms with Crippen LogP contribution in [0.3, 0.4) is 0 Å². The van der Waals surface area contributed by atoms with Crippen molar-refractivity contribution in [2.45, 2.75) is 0 Å². The molecule has 0 amide bonds. The quantitative estimate of drug-likeness (QED) is 0.324. The van der Waals surface area contributed by atoms with Crippen molar-refractivity contribution >= 4 is 54.5 Å². The topological polar surface area (TPSA) is 28.9 Å². The second-order valence-electron chi connectivity index (χ2n) is 6.27. The molecule has 0 bridgehead atoms. The van der Waals surface area contributed by atoms with Gasteiger partial charge in [0, 0.05) is 16.3 Å². The maximum Gasteiger partial charge on any atom is 0.161 e. The number of hydrogen-bond donors (Lipinski definition) is 1. The van der Waals surface area contributed by atoms with Gasteiger partial charge in [0.15, 0.2) is 5.58 Å². The molecular formula is C22H13NO. The van der Waals surface area contributed by atoms with E-state index in [0.29, 0.717) is 0 Å². The van der Waals surface area contributed by atoms with Crippen LogP contribution in [-0.4, -0.2) is 4.98 Å². The number of H-pyrrole nitrogens is 1. The van der Waals surface area contributed by atoms with Gasteiger partial charge in [0.05, 0.1) is 10.9 Å². The molecule has 6 aromatic rings. The van der Waals surface area contributed by atoms with Crippen molar-refractivity contribution in [2.24, 2.45) is 0 Å². The van der Waals surface area contributed by atoms with Crippen molar-refractivity contribution in [3.05, 3.63) is 72.8 Å². The highest BCUT2D eigenvalue weighted by atomic mass is 16.3. The first-order chi connectivity index (χ1) is 11.9. The number of hydrogen-bond acceptors (Lipinski definition) is 1. The summed E-state index contributed by atoms with van der Waals surface area (Å²) in [6.45, 7) is 0. The molecule has 0 atom stereocenters. The molecule has 2 heteroatoms. The SMILES string of the molecule is c1ccc2c(c1)[nH]c1c2oc2c3ccccc3c3ccccc3c12. The summed E-state index contributed by atoms with van der Waals surface area (Å²) in [5.74, 6) is 0. The Hall–Kier alpha value is -3.26. The van der Waals surface area contributed by atoms with Crippen LogP contribution in [0.4, 0.5) is 0 Å². The van der Waals surface area contributed by atoms with E-state index in [2.05, 4.69) is 71.7 Å². The number of nitrogens with one attached hydrogen (secondary N) is 1. The van der Waals surface area contributed by atoms with Crippen LogP contribution in [0.1, 0.15) is 0 Å². The van der Waals surface area contributed by atoms with Gasteiger partial charge in [0.2, 0.25) is 0 Å². The van der Waals surface area contributed by atoms with Gasteiger partial charge in [0.25, 0.3) is 0 Å². The molecule has 2 heterocycles. The molecule has 0 unspecified atom stereocenters. The average Bonchev–Trinajstić information content (AvgIpc) is 3.18. The lowest BCUT2D eigenvalue weighted by Gasteiger charge is -2.05. The molecule has 0 fully saturated rings. The highest BCUT2D eigenvalue weighted by molar-refractivity contribution is 6.31. The number of rotatable bonds is 0. The Morgan fingerprint density at radius 2 is 1.12 bits per heavy atom. The van der Waals surface area contributed by atoms with E-state index in [4.69, 9.17) is 4.42 Å². The molecule has 24 heavy (non-hydrogen) atoms. The largest absolute Gasteiger partial charge is 0.453 e. The minimum absolute atomic E-state index is 0.946. The van der Waals surface area contributed by atoms with Crippen LogP contribution >= 0.6 is 0 Å². The van der Waals surface area contributed by atoms with Crippen molar-refractivity contribution in [1.82, 2.24) is 4.98 Å². The lowest BCUT2D eigenvalue weighted by atomic mass is 9.98. The zero-order chi connectivity index (χ0) is 15.7. The Kier molecular flexibility index (Phi) is 2.12. The lowest BCUT2D eigenvalue weighted by Crippen LogP contribution is -1.80. The fraction of sp³-hybridized carbons (Fsp3) is 0. The van der Waals surface area contributed by atoms with Gasteiger partial charge in [-0.3, -0.25) is 0 Å². The first-order valence-electron chi connectivity index (χ1n) is 8.14. The van der Waals surface area contributed by atoms with E-state index in [1.165, 1.54) is 26.9 Å². The standard InChI is InChI=1S/C22H13NO/c1-3-9-15-13(7-1)14-8-2-4-10-16(14)21-19(15)20-22(24-21)17-11-5-6-12-18(17)23-20/h1-12,23H. The summed E-state index contributed by atoms with van der Waals surface area (Å²) < 4.78 is 6.40. The van der Waals surface area contributed by atoms with E-state index in [9.17, 15) is 0 Å². The summed E-state index contributed by atoms with van der Waals surface area (Å²) in [5, 5.41) is 7.21. The molecule has 2 nitrogen and oxygen atoms in total. The van der Waals surface area contributed by atoms with E-state index >= 15 is 0 Å². The van der Waals surface area contributed by atoms with Gasteiger partial charge >= 0.3 is 0 Å². The highest BCUT2D eigenvalue weighted by Gasteiger charge is 2.18. The molecule has 0 saturated carbocycles. The maximum atomic E-state index is 6.40. The van der Waals surface area contributed by atoms with Gasteiger partial charge in [-0.25, -0.2) is 0 Å². The summed E-state index contributed by atoms with van der Waals surface area (Å²) >= 11 is 0. The van der Waals surface area contributed by atoms with Crippen LogP contribution in [0.2, 0.25) is 0 Å². The zero-order valence-corrected chi connectivity index (χ0v) is 12.8. The highest BCUT2D eigenvalue weighted by Crippen LogP contribution is 2.42. The molecule has 0 radical (unpaired) electrons. The summed E-state index contributed by atoms with van der Waals surface area (Å²) in [6, 6.07) is 25.4. The summed E-state index contributed by atoms with van der Waals surface area (Å²) in [4.78, 5) is 3.56. The number of furan rings is 1. The van der Waals surface area contributed by atoms with Crippen LogP contribution in [0.15, 0.2) is 77.2 Å². The third-order valence-electron chi connectivity index (χ3n) is 5.00. The first-order valence-corrected chi connectivity index (χ1v) is 8.14. The van der Waals surface area contributed by atoms with Gasteiger partial charge in [-0.2, -0.15) is 0 Å². The van der Waals surface area contributed by atoms with Crippen molar-refractivity contribution in [3.63, 3.8) is 0 Å². The third-order valence-corrected chi connectivity index (χ3v) is 5.00. The first kappa shape index (κ1) is 12.2. The van der Waals surface area contributed by atoms with Gasteiger partial charge in [-0.15, -0.1) is 0 Å². The molecule has 6 rings (SSSR count). The van der Waals surface area contributed by atoms with Crippen LogP contribution in [-0.2, 0) is 0 Å². The number of fused-ring (bicyclic) bond motifs is 10. The average molecular weight is 307 g/mol. The van der Waals surface area contributed by atoms with Crippen molar-refractivity contribution < 1.29 is 4.42 Å². The monoisotopic (exact) mass is 307 g/mol. The smallest absolute Gasteiger partial charge is 0.161 e. The van der Waals surface area contributed by atoms with Crippen LogP contribution < -0.4 is 0 Å². The Bertz CT molecular complexity index is 1400. The molecule has 4 aromatic carbocycles. The Morgan fingerprint density at radius 1 is 0.542 bits per heavy atom. The summed E-state index contributed by atoms with van der Waals surface area (Å²) in [5.41, 5.74) is 4.12. The predicted octanol–water partition coefficient (Wildman–Crippen LogP) is 6.37. The van der Waals surface area contributed by atoms with E-state index in [1.807, 2.05) is 6.07 Å². The minimum atomic E-state index is 0.946.